The van der Waals surface area contributed by atoms with Crippen LogP contribution in [-0.4, -0.2) is 28.4 Å². The number of thioether (sulfide) groups is 1. The fourth-order valence-electron chi connectivity index (χ4n) is 1.67. The van der Waals surface area contributed by atoms with Crippen molar-refractivity contribution in [1.82, 2.24) is 10.2 Å². The number of nitrogens with one attached hydrogen (secondary N) is 2. The van der Waals surface area contributed by atoms with Gasteiger partial charge in [-0.1, -0.05) is 35.2 Å². The van der Waals surface area contributed by atoms with Crippen LogP contribution in [0.2, 0.25) is 0 Å². The van der Waals surface area contributed by atoms with Crippen molar-refractivity contribution in [1.29, 1.82) is 0 Å². The normalized spacial score (nSPS) is 12.0. The predicted octanol–water partition coefficient (Wildman–Crippen LogP) is 3.32. The van der Waals surface area contributed by atoms with E-state index in [2.05, 4.69) is 20.8 Å². The minimum atomic E-state index is -0.234. The van der Waals surface area contributed by atoms with E-state index < -0.39 is 0 Å². The number of benzene rings is 1. The van der Waals surface area contributed by atoms with Gasteiger partial charge < -0.3 is 10.6 Å². The fraction of sp³-hybridized carbons (Fsp3) is 0.357. The molecule has 7 heteroatoms. The van der Waals surface area contributed by atoms with Gasteiger partial charge in [0.1, 0.15) is 0 Å². The molecule has 21 heavy (non-hydrogen) atoms. The number of aromatic nitrogens is 2. The van der Waals surface area contributed by atoms with Crippen LogP contribution >= 0.6 is 23.1 Å². The minimum Gasteiger partial charge on any atom is -0.363 e. The Labute approximate surface area is 132 Å². The maximum atomic E-state index is 12.3. The second kappa shape index (κ2) is 6.91. The summed E-state index contributed by atoms with van der Waals surface area (Å²) in [6.07, 6.45) is 0. The van der Waals surface area contributed by atoms with Crippen molar-refractivity contribution in [2.45, 2.75) is 30.4 Å². The number of rotatable bonds is 5. The Hall–Kier alpha value is -1.60. The molecule has 0 spiro atoms. The van der Waals surface area contributed by atoms with Crippen molar-refractivity contribution >= 4 is 39.8 Å². The molecule has 1 atom stereocenters. The summed E-state index contributed by atoms with van der Waals surface area (Å²) in [5.74, 6) is -0.0325. The zero-order valence-electron chi connectivity index (χ0n) is 12.4. The first kappa shape index (κ1) is 15.8. The van der Waals surface area contributed by atoms with Crippen LogP contribution in [0.25, 0.3) is 0 Å². The molecule has 1 aromatic heterocycles. The first-order chi connectivity index (χ1) is 9.99. The van der Waals surface area contributed by atoms with Gasteiger partial charge in [0.05, 0.1) is 5.25 Å². The van der Waals surface area contributed by atoms with Crippen LogP contribution in [0.15, 0.2) is 22.5 Å². The van der Waals surface area contributed by atoms with Crippen molar-refractivity contribution in [2.75, 3.05) is 17.7 Å². The highest BCUT2D eigenvalue weighted by Gasteiger charge is 2.17. The highest BCUT2D eigenvalue weighted by Crippen LogP contribution is 2.29. The maximum Gasteiger partial charge on any atom is 0.237 e. The molecule has 0 saturated carbocycles. The molecule has 0 aliphatic rings. The highest BCUT2D eigenvalue weighted by molar-refractivity contribution is 8.02. The van der Waals surface area contributed by atoms with Gasteiger partial charge in [-0.25, -0.2) is 0 Å². The molecular weight excluding hydrogens is 304 g/mol. The Kier molecular flexibility index (Phi) is 5.19. The molecule has 2 N–H and O–H groups in total. The van der Waals surface area contributed by atoms with Crippen molar-refractivity contribution in [3.63, 3.8) is 0 Å². The lowest BCUT2D eigenvalue weighted by molar-refractivity contribution is -0.115. The Balaban J connectivity index is 2.00. The molecule has 0 aliphatic heterocycles. The first-order valence-electron chi connectivity index (χ1n) is 6.55. The Morgan fingerprint density at radius 2 is 2.10 bits per heavy atom. The van der Waals surface area contributed by atoms with E-state index in [1.165, 1.54) is 23.1 Å². The standard InChI is InChI=1S/C14H18N4OS2/c1-8-5-6-9(2)11(7-8)16-12(19)10(3)20-14-18-17-13(15-4)21-14/h5-7,10H,1-4H3,(H,15,17)(H,16,19)/t10-/m0/s1. The minimum absolute atomic E-state index is 0.0325. The number of nitrogens with zero attached hydrogens (tertiary/aromatic N) is 2. The molecule has 0 unspecified atom stereocenters. The number of hydrogen-bond donors (Lipinski definition) is 2. The van der Waals surface area contributed by atoms with Gasteiger partial charge in [0.15, 0.2) is 4.34 Å². The van der Waals surface area contributed by atoms with Crippen LogP contribution in [0, 0.1) is 13.8 Å². The number of carbonyl (C=O) groups excluding carboxylic acids is 1. The van der Waals surface area contributed by atoms with Gasteiger partial charge in [-0.2, -0.15) is 0 Å². The van der Waals surface area contributed by atoms with E-state index in [0.29, 0.717) is 0 Å². The van der Waals surface area contributed by atoms with Gasteiger partial charge in [-0.3, -0.25) is 4.79 Å². The molecule has 0 saturated heterocycles. The maximum absolute atomic E-state index is 12.3. The topological polar surface area (TPSA) is 66.9 Å². The van der Waals surface area contributed by atoms with Crippen LogP contribution in [0.4, 0.5) is 10.8 Å². The van der Waals surface area contributed by atoms with Gasteiger partial charge in [-0.05, 0) is 38.0 Å². The SMILES string of the molecule is CNc1nnc(S[C@@H](C)C(=O)Nc2cc(C)ccc2C)s1. The number of hydrogen-bond acceptors (Lipinski definition) is 6. The third-order valence-corrected chi connectivity index (χ3v) is 5.04. The van der Waals surface area contributed by atoms with Crippen molar-refractivity contribution in [3.8, 4) is 0 Å². The average Bonchev–Trinajstić information content (AvgIpc) is 2.90. The summed E-state index contributed by atoms with van der Waals surface area (Å²) in [5.41, 5.74) is 3.04. The summed E-state index contributed by atoms with van der Waals surface area (Å²) in [6, 6.07) is 6.02. The largest absolute Gasteiger partial charge is 0.363 e. The van der Waals surface area contributed by atoms with Gasteiger partial charge in [-0.15, -0.1) is 10.2 Å². The number of carbonyl (C=O) groups is 1. The van der Waals surface area contributed by atoms with Crippen molar-refractivity contribution in [2.24, 2.45) is 0 Å². The molecule has 1 heterocycles. The number of amides is 1. The zero-order chi connectivity index (χ0) is 15.4. The second-order valence-electron chi connectivity index (χ2n) is 4.69. The second-order valence-corrected chi connectivity index (χ2v) is 7.26. The molecule has 2 rings (SSSR count). The molecule has 5 nitrogen and oxygen atoms in total. The van der Waals surface area contributed by atoms with Crippen LogP contribution in [0.1, 0.15) is 18.1 Å². The lowest BCUT2D eigenvalue weighted by Gasteiger charge is -2.12. The quantitative estimate of drug-likeness (QED) is 0.827. The van der Waals surface area contributed by atoms with Gasteiger partial charge in [0, 0.05) is 12.7 Å². The third-order valence-electron chi connectivity index (χ3n) is 2.92. The predicted molar refractivity (Wildman–Crippen MR) is 89.3 cm³/mol. The molecular formula is C14H18N4OS2. The van der Waals surface area contributed by atoms with E-state index in [1.54, 1.807) is 7.05 Å². The summed E-state index contributed by atoms with van der Waals surface area (Å²) < 4.78 is 0.781. The van der Waals surface area contributed by atoms with E-state index in [9.17, 15) is 4.79 Å². The average molecular weight is 322 g/mol. The Morgan fingerprint density at radius 1 is 1.33 bits per heavy atom. The molecule has 0 radical (unpaired) electrons. The Bertz CT molecular complexity index is 642. The zero-order valence-corrected chi connectivity index (χ0v) is 14.1. The fourth-order valence-corrected chi connectivity index (χ4v) is 3.52. The highest BCUT2D eigenvalue weighted by atomic mass is 32.2. The van der Waals surface area contributed by atoms with E-state index in [4.69, 9.17) is 0 Å². The summed E-state index contributed by atoms with van der Waals surface area (Å²) in [7, 11) is 1.80. The first-order valence-corrected chi connectivity index (χ1v) is 8.25. The van der Waals surface area contributed by atoms with Gasteiger partial charge in [0.2, 0.25) is 11.0 Å². The van der Waals surface area contributed by atoms with Crippen LogP contribution in [0.5, 0.6) is 0 Å². The van der Waals surface area contributed by atoms with E-state index >= 15 is 0 Å². The van der Waals surface area contributed by atoms with Crippen LogP contribution < -0.4 is 10.6 Å². The summed E-state index contributed by atoms with van der Waals surface area (Å²) in [5, 5.41) is 14.4. The molecule has 0 bridgehead atoms. The Morgan fingerprint density at radius 3 is 2.76 bits per heavy atom. The van der Waals surface area contributed by atoms with Crippen LogP contribution in [-0.2, 0) is 4.79 Å². The summed E-state index contributed by atoms with van der Waals surface area (Å²) in [4.78, 5) is 12.3. The molecule has 0 fully saturated rings. The molecule has 0 aliphatic carbocycles. The van der Waals surface area contributed by atoms with Crippen molar-refractivity contribution in [3.05, 3.63) is 29.3 Å². The summed E-state index contributed by atoms with van der Waals surface area (Å²) in [6.45, 7) is 5.86. The monoisotopic (exact) mass is 322 g/mol. The van der Waals surface area contributed by atoms with Crippen molar-refractivity contribution < 1.29 is 4.79 Å². The smallest absolute Gasteiger partial charge is 0.237 e. The third kappa shape index (κ3) is 4.18. The molecule has 112 valence electrons. The number of anilines is 2. The summed E-state index contributed by atoms with van der Waals surface area (Å²) >= 11 is 2.85. The van der Waals surface area contributed by atoms with E-state index in [0.717, 1.165) is 26.3 Å². The lowest BCUT2D eigenvalue weighted by atomic mass is 10.1. The van der Waals surface area contributed by atoms with Gasteiger partial charge in [0.25, 0.3) is 0 Å². The van der Waals surface area contributed by atoms with Gasteiger partial charge >= 0.3 is 0 Å². The number of aryl methyl sites for hydroxylation is 2. The lowest BCUT2D eigenvalue weighted by Crippen LogP contribution is -2.22. The molecule has 1 amide bonds. The van der Waals surface area contributed by atoms with E-state index in [1.807, 2.05) is 39.0 Å². The molecule has 2 aromatic rings. The van der Waals surface area contributed by atoms with E-state index in [-0.39, 0.29) is 11.2 Å². The van der Waals surface area contributed by atoms with Crippen LogP contribution in [0.3, 0.4) is 0 Å². The molecule has 1 aromatic carbocycles.